The molecule has 0 saturated heterocycles. The summed E-state index contributed by atoms with van der Waals surface area (Å²) in [5, 5.41) is 0. The van der Waals surface area contributed by atoms with E-state index in [0.717, 1.165) is 12.8 Å². The van der Waals surface area contributed by atoms with Crippen LogP contribution < -0.4 is 4.72 Å². The maximum atomic E-state index is 11.3. The Labute approximate surface area is 92.4 Å². The molecule has 0 aliphatic carbocycles. The van der Waals surface area contributed by atoms with Crippen molar-refractivity contribution < 1.29 is 13.2 Å². The second-order valence-corrected chi connectivity index (χ2v) is 5.00. The van der Waals surface area contributed by atoms with E-state index in [0.29, 0.717) is 19.6 Å². The van der Waals surface area contributed by atoms with Crippen molar-refractivity contribution in [2.24, 2.45) is 0 Å². The van der Waals surface area contributed by atoms with Crippen LogP contribution in [-0.4, -0.2) is 33.9 Å². The molecule has 0 saturated carbocycles. The maximum absolute atomic E-state index is 11.3. The van der Waals surface area contributed by atoms with Gasteiger partial charge in [-0.15, -0.1) is 12.3 Å². The van der Waals surface area contributed by atoms with E-state index in [1.165, 1.54) is 0 Å². The normalized spacial score (nSPS) is 11.2. The smallest absolute Gasteiger partial charge is 0.213 e. The average Bonchev–Trinajstić information content (AvgIpc) is 2.17. The van der Waals surface area contributed by atoms with Crippen LogP contribution in [0.25, 0.3) is 0 Å². The minimum atomic E-state index is -3.17. The first-order valence-corrected chi connectivity index (χ1v) is 6.76. The minimum absolute atomic E-state index is 0.0238. The van der Waals surface area contributed by atoms with Gasteiger partial charge in [0.2, 0.25) is 10.0 Å². The highest BCUT2D eigenvalue weighted by Crippen LogP contribution is 1.93. The van der Waals surface area contributed by atoms with Gasteiger partial charge in [0.05, 0.1) is 12.4 Å². The Morgan fingerprint density at radius 2 is 2.13 bits per heavy atom. The highest BCUT2D eigenvalue weighted by atomic mass is 32.2. The van der Waals surface area contributed by atoms with Gasteiger partial charge in [0.25, 0.3) is 0 Å². The molecule has 1 N–H and O–H groups in total. The summed E-state index contributed by atoms with van der Waals surface area (Å²) in [5.41, 5.74) is 0. The summed E-state index contributed by atoms with van der Waals surface area (Å²) in [6, 6.07) is 0. The predicted octanol–water partition coefficient (Wildman–Crippen LogP) is 0.746. The standard InChI is InChI=1S/C10H19NO3S/c1-3-5-6-7-8-11-15(12,13)10-9-14-4-2/h1,11H,4-10H2,2H3. The van der Waals surface area contributed by atoms with Gasteiger partial charge in [-0.3, -0.25) is 0 Å². The quantitative estimate of drug-likeness (QED) is 0.472. The van der Waals surface area contributed by atoms with Gasteiger partial charge in [-0.25, -0.2) is 13.1 Å². The monoisotopic (exact) mass is 233 g/mol. The molecule has 88 valence electrons. The van der Waals surface area contributed by atoms with Gasteiger partial charge in [-0.1, -0.05) is 0 Å². The Hall–Kier alpha value is -0.570. The highest BCUT2D eigenvalue weighted by molar-refractivity contribution is 7.89. The summed E-state index contributed by atoms with van der Waals surface area (Å²) in [7, 11) is -3.17. The summed E-state index contributed by atoms with van der Waals surface area (Å²) in [6.45, 7) is 3.07. The molecule has 0 aromatic rings. The zero-order valence-electron chi connectivity index (χ0n) is 9.16. The van der Waals surface area contributed by atoms with Crippen molar-refractivity contribution in [3.05, 3.63) is 0 Å². The lowest BCUT2D eigenvalue weighted by Crippen LogP contribution is -2.29. The Morgan fingerprint density at radius 1 is 1.40 bits per heavy atom. The van der Waals surface area contributed by atoms with E-state index in [9.17, 15) is 8.42 Å². The third kappa shape index (κ3) is 9.73. The van der Waals surface area contributed by atoms with E-state index in [1.807, 2.05) is 6.92 Å². The topological polar surface area (TPSA) is 55.4 Å². The molecule has 0 aliphatic heterocycles. The van der Waals surface area contributed by atoms with Gasteiger partial charge in [-0.2, -0.15) is 0 Å². The van der Waals surface area contributed by atoms with Crippen LogP contribution in [0.3, 0.4) is 0 Å². The molecule has 5 heteroatoms. The van der Waals surface area contributed by atoms with Gasteiger partial charge in [0.1, 0.15) is 0 Å². The zero-order chi connectivity index (χ0) is 11.6. The molecule has 0 aromatic carbocycles. The molecule has 0 unspecified atom stereocenters. The maximum Gasteiger partial charge on any atom is 0.213 e. The molecule has 0 rings (SSSR count). The van der Waals surface area contributed by atoms with Gasteiger partial charge < -0.3 is 4.74 Å². The van der Waals surface area contributed by atoms with Crippen LogP contribution in [0.1, 0.15) is 26.2 Å². The number of ether oxygens (including phenoxy) is 1. The largest absolute Gasteiger partial charge is 0.381 e. The number of hydrogen-bond donors (Lipinski definition) is 1. The van der Waals surface area contributed by atoms with E-state index in [4.69, 9.17) is 11.2 Å². The lowest BCUT2D eigenvalue weighted by atomic mass is 10.2. The number of nitrogens with one attached hydrogen (secondary N) is 1. The van der Waals surface area contributed by atoms with Crippen LogP contribution in [0.15, 0.2) is 0 Å². The molecule has 0 heterocycles. The summed E-state index contributed by atoms with van der Waals surface area (Å²) < 4.78 is 30.1. The lowest BCUT2D eigenvalue weighted by Gasteiger charge is -2.05. The van der Waals surface area contributed by atoms with Crippen LogP contribution >= 0.6 is 0 Å². The van der Waals surface area contributed by atoms with E-state index < -0.39 is 10.0 Å². The van der Waals surface area contributed by atoms with E-state index in [-0.39, 0.29) is 12.4 Å². The Balaban J connectivity index is 3.53. The van der Waals surface area contributed by atoms with E-state index in [1.54, 1.807) is 0 Å². The summed E-state index contributed by atoms with van der Waals surface area (Å²) in [5.74, 6) is 2.53. The molecule has 0 amide bonds. The molecular formula is C10H19NO3S. The van der Waals surface area contributed by atoms with Crippen LogP contribution in [-0.2, 0) is 14.8 Å². The number of sulfonamides is 1. The van der Waals surface area contributed by atoms with Crippen LogP contribution in [0.2, 0.25) is 0 Å². The van der Waals surface area contributed by atoms with Crippen molar-refractivity contribution in [2.75, 3.05) is 25.5 Å². The summed E-state index contributed by atoms with van der Waals surface area (Å²) in [6.07, 6.45) is 7.40. The zero-order valence-corrected chi connectivity index (χ0v) is 9.98. The van der Waals surface area contributed by atoms with E-state index >= 15 is 0 Å². The molecule has 4 nitrogen and oxygen atoms in total. The first-order chi connectivity index (χ1) is 7.12. The molecule has 0 radical (unpaired) electrons. The summed E-state index contributed by atoms with van der Waals surface area (Å²) >= 11 is 0. The Kier molecular flexibility index (Phi) is 8.38. The lowest BCUT2D eigenvalue weighted by molar-refractivity contribution is 0.163. The fourth-order valence-electron chi connectivity index (χ4n) is 0.965. The van der Waals surface area contributed by atoms with Crippen molar-refractivity contribution in [3.63, 3.8) is 0 Å². The fourth-order valence-corrected chi connectivity index (χ4v) is 1.90. The van der Waals surface area contributed by atoms with Crippen molar-refractivity contribution in [1.29, 1.82) is 0 Å². The third-order valence-electron chi connectivity index (χ3n) is 1.77. The minimum Gasteiger partial charge on any atom is -0.381 e. The van der Waals surface area contributed by atoms with Gasteiger partial charge in [-0.05, 0) is 19.8 Å². The number of unbranched alkanes of at least 4 members (excludes halogenated alkanes) is 2. The second kappa shape index (κ2) is 8.72. The first-order valence-electron chi connectivity index (χ1n) is 5.11. The van der Waals surface area contributed by atoms with Gasteiger partial charge >= 0.3 is 0 Å². The van der Waals surface area contributed by atoms with Crippen molar-refractivity contribution in [3.8, 4) is 12.3 Å². The third-order valence-corrected chi connectivity index (χ3v) is 3.12. The first kappa shape index (κ1) is 14.4. The van der Waals surface area contributed by atoms with Gasteiger partial charge in [0.15, 0.2) is 0 Å². The van der Waals surface area contributed by atoms with Crippen LogP contribution in [0.5, 0.6) is 0 Å². The van der Waals surface area contributed by atoms with Crippen LogP contribution in [0.4, 0.5) is 0 Å². The predicted molar refractivity (Wildman–Crippen MR) is 61.0 cm³/mol. The molecule has 0 fully saturated rings. The fraction of sp³-hybridized carbons (Fsp3) is 0.800. The van der Waals surface area contributed by atoms with Crippen LogP contribution in [0, 0.1) is 12.3 Å². The van der Waals surface area contributed by atoms with E-state index in [2.05, 4.69) is 10.6 Å². The number of terminal acetylenes is 1. The molecule has 0 spiro atoms. The SMILES string of the molecule is C#CCCCCNS(=O)(=O)CCOCC. The van der Waals surface area contributed by atoms with Crippen molar-refractivity contribution in [1.82, 2.24) is 4.72 Å². The highest BCUT2D eigenvalue weighted by Gasteiger charge is 2.08. The van der Waals surface area contributed by atoms with Crippen molar-refractivity contribution >= 4 is 10.0 Å². The average molecular weight is 233 g/mol. The Morgan fingerprint density at radius 3 is 2.73 bits per heavy atom. The van der Waals surface area contributed by atoms with Gasteiger partial charge in [0, 0.05) is 19.6 Å². The molecular weight excluding hydrogens is 214 g/mol. The number of rotatable bonds is 9. The van der Waals surface area contributed by atoms with Crippen molar-refractivity contribution in [2.45, 2.75) is 26.2 Å². The second-order valence-electron chi connectivity index (χ2n) is 3.07. The molecule has 0 atom stereocenters. The molecule has 0 aromatic heterocycles. The molecule has 15 heavy (non-hydrogen) atoms. The number of hydrogen-bond acceptors (Lipinski definition) is 3. The summed E-state index contributed by atoms with van der Waals surface area (Å²) in [4.78, 5) is 0. The molecule has 0 aliphatic rings. The molecule has 0 bridgehead atoms. The Bertz CT molecular complexity index is 280.